The number of rotatable bonds is 2. The number of hydrogen-bond acceptors (Lipinski definition) is 0. The summed E-state index contributed by atoms with van der Waals surface area (Å²) in [5.41, 5.74) is 0.654. The van der Waals surface area contributed by atoms with Gasteiger partial charge < -0.3 is 0 Å². The summed E-state index contributed by atoms with van der Waals surface area (Å²) in [6, 6.07) is 3.18. The maximum absolute atomic E-state index is 12.4. The second-order valence-electron chi connectivity index (χ2n) is 2.85. The van der Waals surface area contributed by atoms with Crippen LogP contribution >= 0.6 is 34.8 Å². The summed E-state index contributed by atoms with van der Waals surface area (Å²) in [4.78, 5) is 0. The van der Waals surface area contributed by atoms with E-state index in [0.717, 1.165) is 0 Å². The predicted molar refractivity (Wildman–Crippen MR) is 55.9 cm³/mol. The van der Waals surface area contributed by atoms with E-state index in [0.29, 0.717) is 20.6 Å². The van der Waals surface area contributed by atoms with Crippen LogP contribution in [0.25, 0.3) is 0 Å². The SMILES string of the molecule is CC(CF)c1cc(Cl)cc(Cl)c1Cl. The first-order valence-electron chi connectivity index (χ1n) is 3.76. The molecule has 0 nitrogen and oxygen atoms in total. The van der Waals surface area contributed by atoms with Crippen molar-refractivity contribution in [1.29, 1.82) is 0 Å². The first kappa shape index (κ1) is 11.1. The van der Waals surface area contributed by atoms with E-state index in [-0.39, 0.29) is 5.92 Å². The molecule has 1 unspecified atom stereocenters. The van der Waals surface area contributed by atoms with Gasteiger partial charge in [0.25, 0.3) is 0 Å². The summed E-state index contributed by atoms with van der Waals surface area (Å²) >= 11 is 17.4. The number of alkyl halides is 1. The summed E-state index contributed by atoms with van der Waals surface area (Å²) in [6.07, 6.45) is 0. The van der Waals surface area contributed by atoms with Crippen LogP contribution in [0.2, 0.25) is 15.1 Å². The average Bonchev–Trinajstić information content (AvgIpc) is 2.10. The van der Waals surface area contributed by atoms with Crippen molar-refractivity contribution in [1.82, 2.24) is 0 Å². The molecular weight excluding hydrogens is 233 g/mol. The Morgan fingerprint density at radius 2 is 1.92 bits per heavy atom. The Hall–Kier alpha value is 0.0200. The Balaban J connectivity index is 3.20. The molecule has 0 heterocycles. The Morgan fingerprint density at radius 1 is 1.31 bits per heavy atom. The van der Waals surface area contributed by atoms with Crippen LogP contribution in [0.1, 0.15) is 18.4 Å². The normalized spacial score (nSPS) is 13.0. The van der Waals surface area contributed by atoms with Gasteiger partial charge in [-0.15, -0.1) is 0 Å². The average molecular weight is 242 g/mol. The van der Waals surface area contributed by atoms with Crippen molar-refractivity contribution in [2.24, 2.45) is 0 Å². The minimum Gasteiger partial charge on any atom is -0.250 e. The fourth-order valence-corrected chi connectivity index (χ4v) is 1.82. The van der Waals surface area contributed by atoms with E-state index in [1.165, 1.54) is 0 Å². The molecule has 1 aromatic carbocycles. The Bertz CT molecular complexity index is 312. The highest BCUT2D eigenvalue weighted by Gasteiger charge is 2.13. The van der Waals surface area contributed by atoms with E-state index >= 15 is 0 Å². The second-order valence-corrected chi connectivity index (χ2v) is 4.07. The van der Waals surface area contributed by atoms with Crippen LogP contribution in [-0.4, -0.2) is 6.67 Å². The topological polar surface area (TPSA) is 0 Å². The molecule has 13 heavy (non-hydrogen) atoms. The third-order valence-electron chi connectivity index (χ3n) is 1.78. The standard InChI is InChI=1S/C9H8Cl3F/c1-5(4-13)7-2-6(10)3-8(11)9(7)12/h2-3,5H,4H2,1H3. The van der Waals surface area contributed by atoms with Gasteiger partial charge in [-0.05, 0) is 17.7 Å². The van der Waals surface area contributed by atoms with E-state index in [4.69, 9.17) is 34.8 Å². The van der Waals surface area contributed by atoms with Gasteiger partial charge >= 0.3 is 0 Å². The summed E-state index contributed by atoms with van der Waals surface area (Å²) in [7, 11) is 0. The van der Waals surface area contributed by atoms with Crippen molar-refractivity contribution in [2.75, 3.05) is 6.67 Å². The Morgan fingerprint density at radius 3 is 2.46 bits per heavy atom. The smallest absolute Gasteiger partial charge is 0.0960 e. The third-order valence-corrected chi connectivity index (χ3v) is 2.82. The van der Waals surface area contributed by atoms with E-state index in [1.54, 1.807) is 19.1 Å². The summed E-state index contributed by atoms with van der Waals surface area (Å²) in [6.45, 7) is 1.25. The number of benzene rings is 1. The van der Waals surface area contributed by atoms with Gasteiger partial charge in [0, 0.05) is 10.9 Å². The van der Waals surface area contributed by atoms with Crippen molar-refractivity contribution in [3.8, 4) is 0 Å². The zero-order valence-electron chi connectivity index (χ0n) is 6.95. The molecule has 0 spiro atoms. The van der Waals surface area contributed by atoms with Gasteiger partial charge in [-0.25, -0.2) is 0 Å². The molecule has 0 radical (unpaired) electrons. The first-order chi connectivity index (χ1) is 6.06. The molecule has 0 aliphatic heterocycles. The highest BCUT2D eigenvalue weighted by Crippen LogP contribution is 2.34. The van der Waals surface area contributed by atoms with Crippen LogP contribution in [0.4, 0.5) is 4.39 Å². The minimum atomic E-state index is -0.476. The van der Waals surface area contributed by atoms with Crippen LogP contribution in [0.3, 0.4) is 0 Å². The Labute approximate surface area is 91.6 Å². The van der Waals surface area contributed by atoms with Gasteiger partial charge in [0.2, 0.25) is 0 Å². The van der Waals surface area contributed by atoms with Crippen LogP contribution < -0.4 is 0 Å². The fraction of sp³-hybridized carbons (Fsp3) is 0.333. The van der Waals surface area contributed by atoms with Gasteiger partial charge in [0.05, 0.1) is 16.7 Å². The van der Waals surface area contributed by atoms with Gasteiger partial charge in [0.15, 0.2) is 0 Å². The Kier molecular flexibility index (Phi) is 3.84. The largest absolute Gasteiger partial charge is 0.250 e. The monoisotopic (exact) mass is 240 g/mol. The maximum atomic E-state index is 12.4. The lowest BCUT2D eigenvalue weighted by atomic mass is 10.0. The molecule has 1 atom stereocenters. The van der Waals surface area contributed by atoms with Gasteiger partial charge in [-0.1, -0.05) is 41.7 Å². The first-order valence-corrected chi connectivity index (χ1v) is 4.90. The lowest BCUT2D eigenvalue weighted by Gasteiger charge is -2.11. The summed E-state index contributed by atoms with van der Waals surface area (Å²) in [5.74, 6) is -0.274. The molecule has 4 heteroatoms. The third kappa shape index (κ3) is 2.49. The lowest BCUT2D eigenvalue weighted by Crippen LogP contribution is -1.96. The molecule has 0 aliphatic carbocycles. The van der Waals surface area contributed by atoms with E-state index < -0.39 is 6.67 Å². The molecule has 0 amide bonds. The van der Waals surface area contributed by atoms with Crippen molar-refractivity contribution in [2.45, 2.75) is 12.8 Å². The molecule has 0 bridgehead atoms. The molecule has 0 aliphatic rings. The van der Waals surface area contributed by atoms with Crippen molar-refractivity contribution >= 4 is 34.8 Å². The molecule has 1 rings (SSSR count). The van der Waals surface area contributed by atoms with Gasteiger partial charge in [-0.3, -0.25) is 4.39 Å². The quantitative estimate of drug-likeness (QED) is 0.657. The molecule has 0 N–H and O–H groups in total. The van der Waals surface area contributed by atoms with Crippen LogP contribution in [0.5, 0.6) is 0 Å². The van der Waals surface area contributed by atoms with Crippen molar-refractivity contribution in [3.63, 3.8) is 0 Å². The van der Waals surface area contributed by atoms with Crippen molar-refractivity contribution in [3.05, 3.63) is 32.8 Å². The van der Waals surface area contributed by atoms with E-state index in [1.807, 2.05) is 0 Å². The number of hydrogen-bond donors (Lipinski definition) is 0. The molecule has 72 valence electrons. The lowest BCUT2D eigenvalue weighted by molar-refractivity contribution is 0.447. The highest BCUT2D eigenvalue weighted by molar-refractivity contribution is 6.43. The zero-order chi connectivity index (χ0) is 10.0. The predicted octanol–water partition coefficient (Wildman–Crippen LogP) is 4.72. The molecule has 0 saturated heterocycles. The minimum absolute atomic E-state index is 0.274. The van der Waals surface area contributed by atoms with Crippen LogP contribution in [-0.2, 0) is 0 Å². The van der Waals surface area contributed by atoms with Crippen molar-refractivity contribution < 1.29 is 4.39 Å². The summed E-state index contributed by atoms with van der Waals surface area (Å²) in [5, 5.41) is 1.23. The highest BCUT2D eigenvalue weighted by atomic mass is 35.5. The van der Waals surface area contributed by atoms with E-state index in [2.05, 4.69) is 0 Å². The maximum Gasteiger partial charge on any atom is 0.0960 e. The molecular formula is C9H8Cl3F. The van der Waals surface area contributed by atoms with E-state index in [9.17, 15) is 4.39 Å². The van der Waals surface area contributed by atoms with Gasteiger partial charge in [0.1, 0.15) is 0 Å². The second kappa shape index (κ2) is 4.50. The molecule has 0 saturated carbocycles. The number of halogens is 4. The molecule has 0 aromatic heterocycles. The molecule has 0 fully saturated rings. The van der Waals surface area contributed by atoms with Gasteiger partial charge in [-0.2, -0.15) is 0 Å². The zero-order valence-corrected chi connectivity index (χ0v) is 9.22. The van der Waals surface area contributed by atoms with Crippen LogP contribution in [0.15, 0.2) is 12.1 Å². The fourth-order valence-electron chi connectivity index (χ4n) is 1.02. The summed E-state index contributed by atoms with van der Waals surface area (Å²) < 4.78 is 12.4. The molecule has 1 aromatic rings. The van der Waals surface area contributed by atoms with Crippen LogP contribution in [0, 0.1) is 0 Å².